The molecule has 1 heterocycles. The molecule has 1 aliphatic heterocycles. The van der Waals surface area contributed by atoms with E-state index < -0.39 is 5.97 Å². The third-order valence-electron chi connectivity index (χ3n) is 3.05. The lowest BCUT2D eigenvalue weighted by Crippen LogP contribution is -2.24. The number of carboxylic acids is 1. The molecule has 0 spiro atoms. The Morgan fingerprint density at radius 3 is 2.83 bits per heavy atom. The molecule has 96 valence electrons. The fourth-order valence-corrected chi connectivity index (χ4v) is 3.20. The Hall–Kier alpha value is -1.49. The molecule has 1 amide bonds. The van der Waals surface area contributed by atoms with Crippen molar-refractivity contribution in [2.75, 3.05) is 16.8 Å². The summed E-state index contributed by atoms with van der Waals surface area (Å²) in [4.78, 5) is 23.1. The number of carbonyl (C=O) groups is 2. The molecule has 1 aromatic rings. The molecule has 4 nitrogen and oxygen atoms in total. The second kappa shape index (κ2) is 5.44. The summed E-state index contributed by atoms with van der Waals surface area (Å²) in [6.45, 7) is 1.80. The number of thioether (sulfide) groups is 1. The van der Waals surface area contributed by atoms with Gasteiger partial charge in [-0.3, -0.25) is 4.79 Å². The number of nitrogens with one attached hydrogen (secondary N) is 1. The van der Waals surface area contributed by atoms with E-state index in [9.17, 15) is 9.59 Å². The number of carbonyl (C=O) groups excluding carboxylic acids is 1. The summed E-state index contributed by atoms with van der Waals surface area (Å²) in [5.41, 5.74) is 1.34. The van der Waals surface area contributed by atoms with Gasteiger partial charge in [0.15, 0.2) is 0 Å². The molecule has 1 aromatic carbocycles. The molecule has 0 aliphatic carbocycles. The third-order valence-corrected chi connectivity index (χ3v) is 4.21. The van der Waals surface area contributed by atoms with Crippen LogP contribution in [0, 0.1) is 12.8 Å². The molecule has 0 saturated carbocycles. The van der Waals surface area contributed by atoms with Crippen LogP contribution in [0.3, 0.4) is 0 Å². The van der Waals surface area contributed by atoms with E-state index in [0.717, 1.165) is 23.5 Å². The van der Waals surface area contributed by atoms with Crippen LogP contribution >= 0.6 is 11.8 Å². The van der Waals surface area contributed by atoms with Crippen molar-refractivity contribution in [3.05, 3.63) is 29.3 Å². The van der Waals surface area contributed by atoms with Gasteiger partial charge in [0, 0.05) is 11.7 Å². The van der Waals surface area contributed by atoms with Crippen LogP contribution in [0.2, 0.25) is 0 Å². The number of rotatable bonds is 3. The van der Waals surface area contributed by atoms with Crippen molar-refractivity contribution in [3.63, 3.8) is 0 Å². The van der Waals surface area contributed by atoms with E-state index in [1.165, 1.54) is 6.07 Å². The normalized spacial score (nSPS) is 18.6. The van der Waals surface area contributed by atoms with E-state index in [4.69, 9.17) is 5.11 Å². The molecular formula is C13H15NO3S. The quantitative estimate of drug-likeness (QED) is 0.880. The predicted octanol–water partition coefficient (Wildman–Crippen LogP) is 2.38. The average molecular weight is 265 g/mol. The van der Waals surface area contributed by atoms with Gasteiger partial charge in [0.05, 0.1) is 11.3 Å². The summed E-state index contributed by atoms with van der Waals surface area (Å²) < 4.78 is 0. The monoisotopic (exact) mass is 265 g/mol. The summed E-state index contributed by atoms with van der Waals surface area (Å²) >= 11 is 1.76. The highest BCUT2D eigenvalue weighted by atomic mass is 32.2. The Morgan fingerprint density at radius 1 is 1.44 bits per heavy atom. The van der Waals surface area contributed by atoms with Gasteiger partial charge in [-0.1, -0.05) is 12.1 Å². The van der Waals surface area contributed by atoms with E-state index in [1.54, 1.807) is 30.8 Å². The fraction of sp³-hybridized carbons (Fsp3) is 0.385. The highest BCUT2D eigenvalue weighted by Crippen LogP contribution is 2.26. The molecule has 2 rings (SSSR count). The number of hydrogen-bond donors (Lipinski definition) is 2. The summed E-state index contributed by atoms with van der Waals surface area (Å²) in [6.07, 6.45) is 0.866. The summed E-state index contributed by atoms with van der Waals surface area (Å²) in [6, 6.07) is 4.99. The van der Waals surface area contributed by atoms with E-state index in [0.29, 0.717) is 5.69 Å². The molecule has 0 bridgehead atoms. The number of hydrogen-bond acceptors (Lipinski definition) is 3. The van der Waals surface area contributed by atoms with Gasteiger partial charge in [0.2, 0.25) is 5.91 Å². The van der Waals surface area contributed by atoms with E-state index in [1.807, 2.05) is 0 Å². The zero-order chi connectivity index (χ0) is 13.1. The number of benzene rings is 1. The summed E-state index contributed by atoms with van der Waals surface area (Å²) in [5, 5.41) is 11.9. The molecule has 0 radical (unpaired) electrons. The van der Waals surface area contributed by atoms with Crippen LogP contribution in [0.1, 0.15) is 22.3 Å². The summed E-state index contributed by atoms with van der Waals surface area (Å²) in [7, 11) is 0. The first-order chi connectivity index (χ1) is 8.59. The molecule has 5 heteroatoms. The van der Waals surface area contributed by atoms with Crippen LogP contribution in [0.25, 0.3) is 0 Å². The van der Waals surface area contributed by atoms with E-state index >= 15 is 0 Å². The molecule has 1 aliphatic rings. The van der Waals surface area contributed by atoms with Gasteiger partial charge in [0.25, 0.3) is 0 Å². The van der Waals surface area contributed by atoms with Crippen LogP contribution in [0.4, 0.5) is 5.69 Å². The minimum atomic E-state index is -1.02. The predicted molar refractivity (Wildman–Crippen MR) is 72.2 cm³/mol. The SMILES string of the molecule is Cc1cccc(C(=O)O)c1NC(=O)C1CCSC1. The van der Waals surface area contributed by atoms with Crippen LogP contribution in [-0.4, -0.2) is 28.5 Å². The number of aryl methyl sites for hydroxylation is 1. The van der Waals surface area contributed by atoms with Gasteiger partial charge in [-0.15, -0.1) is 0 Å². The molecule has 1 unspecified atom stereocenters. The van der Waals surface area contributed by atoms with Crippen LogP contribution in [-0.2, 0) is 4.79 Å². The van der Waals surface area contributed by atoms with Crippen molar-refractivity contribution in [1.82, 2.24) is 0 Å². The van der Waals surface area contributed by atoms with Gasteiger partial charge in [-0.25, -0.2) is 4.79 Å². The Balaban J connectivity index is 2.22. The second-order valence-corrected chi connectivity index (χ2v) is 5.50. The van der Waals surface area contributed by atoms with E-state index in [-0.39, 0.29) is 17.4 Å². The standard InChI is InChI=1S/C13H15NO3S/c1-8-3-2-4-10(13(16)17)11(8)14-12(15)9-5-6-18-7-9/h2-4,9H,5-7H2,1H3,(H,14,15)(H,16,17). The van der Waals surface area contributed by atoms with Crippen molar-refractivity contribution in [3.8, 4) is 0 Å². The zero-order valence-electron chi connectivity index (χ0n) is 10.1. The fourth-order valence-electron chi connectivity index (χ4n) is 1.98. The minimum Gasteiger partial charge on any atom is -0.478 e. The molecule has 1 fully saturated rings. The second-order valence-electron chi connectivity index (χ2n) is 4.35. The highest BCUT2D eigenvalue weighted by molar-refractivity contribution is 7.99. The Morgan fingerprint density at radius 2 is 2.22 bits per heavy atom. The van der Waals surface area contributed by atoms with Crippen molar-refractivity contribution in [2.24, 2.45) is 5.92 Å². The maximum atomic E-state index is 12.0. The lowest BCUT2D eigenvalue weighted by atomic mass is 10.1. The average Bonchev–Trinajstić information content (AvgIpc) is 2.85. The smallest absolute Gasteiger partial charge is 0.337 e. The van der Waals surface area contributed by atoms with Gasteiger partial charge < -0.3 is 10.4 Å². The number of anilines is 1. The summed E-state index contributed by atoms with van der Waals surface area (Å²) in [5.74, 6) is 0.723. The van der Waals surface area contributed by atoms with Gasteiger partial charge in [-0.2, -0.15) is 11.8 Å². The van der Waals surface area contributed by atoms with Crippen LogP contribution in [0.15, 0.2) is 18.2 Å². The van der Waals surface area contributed by atoms with Crippen LogP contribution in [0.5, 0.6) is 0 Å². The van der Waals surface area contributed by atoms with Crippen molar-refractivity contribution in [1.29, 1.82) is 0 Å². The van der Waals surface area contributed by atoms with Crippen molar-refractivity contribution < 1.29 is 14.7 Å². The van der Waals surface area contributed by atoms with Crippen molar-refractivity contribution >= 4 is 29.3 Å². The first kappa shape index (κ1) is 13.0. The lowest BCUT2D eigenvalue weighted by molar-refractivity contribution is -0.119. The molecule has 18 heavy (non-hydrogen) atoms. The number of aromatic carboxylic acids is 1. The molecule has 2 N–H and O–H groups in total. The van der Waals surface area contributed by atoms with E-state index in [2.05, 4.69) is 5.32 Å². The first-order valence-corrected chi connectivity index (χ1v) is 6.96. The van der Waals surface area contributed by atoms with Gasteiger partial charge in [0.1, 0.15) is 0 Å². The maximum absolute atomic E-state index is 12.0. The topological polar surface area (TPSA) is 66.4 Å². The number of carboxylic acid groups (broad SMARTS) is 1. The Bertz CT molecular complexity index is 481. The Kier molecular flexibility index (Phi) is 3.91. The van der Waals surface area contributed by atoms with Gasteiger partial charge >= 0.3 is 5.97 Å². The highest BCUT2D eigenvalue weighted by Gasteiger charge is 2.24. The van der Waals surface area contributed by atoms with Crippen LogP contribution < -0.4 is 5.32 Å². The molecule has 0 aromatic heterocycles. The largest absolute Gasteiger partial charge is 0.478 e. The zero-order valence-corrected chi connectivity index (χ0v) is 10.9. The molecule has 1 saturated heterocycles. The first-order valence-electron chi connectivity index (χ1n) is 5.81. The number of para-hydroxylation sites is 1. The lowest BCUT2D eigenvalue weighted by Gasteiger charge is -2.14. The maximum Gasteiger partial charge on any atom is 0.337 e. The molecular weight excluding hydrogens is 250 g/mol. The molecule has 1 atom stereocenters. The Labute approximate surface area is 110 Å². The van der Waals surface area contributed by atoms with Crippen molar-refractivity contribution in [2.45, 2.75) is 13.3 Å². The minimum absolute atomic E-state index is 0.00347. The van der Waals surface area contributed by atoms with Gasteiger partial charge in [-0.05, 0) is 30.7 Å². The third kappa shape index (κ3) is 2.67. The number of amides is 1.